The van der Waals surface area contributed by atoms with E-state index in [1.807, 2.05) is 30.3 Å². The Labute approximate surface area is 180 Å². The average molecular weight is 425 g/mol. The van der Waals surface area contributed by atoms with Crippen molar-refractivity contribution in [3.63, 3.8) is 0 Å². The third-order valence-electron chi connectivity index (χ3n) is 5.48. The first-order valence-corrected chi connectivity index (χ1v) is 11.3. The molecule has 1 fully saturated rings. The lowest BCUT2D eigenvalue weighted by atomic mass is 9.87. The van der Waals surface area contributed by atoms with E-state index in [0.717, 1.165) is 37.3 Å². The van der Waals surface area contributed by atoms with Gasteiger partial charge < -0.3 is 5.32 Å². The Hall–Kier alpha value is -2.67. The number of amides is 1. The molecule has 30 heavy (non-hydrogen) atoms. The van der Waals surface area contributed by atoms with Crippen LogP contribution in [0, 0.1) is 11.7 Å². The van der Waals surface area contributed by atoms with Gasteiger partial charge in [-0.3, -0.25) is 9.36 Å². The van der Waals surface area contributed by atoms with Crippen molar-refractivity contribution in [3.8, 4) is 17.1 Å². The van der Waals surface area contributed by atoms with Crippen LogP contribution in [0.4, 0.5) is 4.39 Å². The summed E-state index contributed by atoms with van der Waals surface area (Å²) in [4.78, 5) is 12.5. The lowest BCUT2D eigenvalue weighted by Crippen LogP contribution is -2.38. The molecule has 2 aromatic carbocycles. The maximum Gasteiger partial charge on any atom is 0.230 e. The SMILES string of the molecule is CC1CCC(NC(=O)CSc2nnc(-c3ccccc3F)n2-c2ccccc2)CC1. The number of benzene rings is 2. The predicted octanol–water partition coefficient (Wildman–Crippen LogP) is 4.86. The Morgan fingerprint density at radius 1 is 1.07 bits per heavy atom. The zero-order chi connectivity index (χ0) is 20.9. The highest BCUT2D eigenvalue weighted by molar-refractivity contribution is 7.99. The van der Waals surface area contributed by atoms with Gasteiger partial charge in [-0.05, 0) is 55.9 Å². The van der Waals surface area contributed by atoms with Crippen LogP contribution in [-0.4, -0.2) is 32.5 Å². The molecule has 7 heteroatoms. The number of para-hydroxylation sites is 1. The van der Waals surface area contributed by atoms with Crippen LogP contribution in [-0.2, 0) is 4.79 Å². The predicted molar refractivity (Wildman–Crippen MR) is 117 cm³/mol. The van der Waals surface area contributed by atoms with E-state index < -0.39 is 0 Å². The van der Waals surface area contributed by atoms with Gasteiger partial charge in [0, 0.05) is 11.7 Å². The Kier molecular flexibility index (Phi) is 6.47. The van der Waals surface area contributed by atoms with Gasteiger partial charge in [-0.2, -0.15) is 0 Å². The first-order valence-electron chi connectivity index (χ1n) is 10.3. The van der Waals surface area contributed by atoms with Crippen LogP contribution in [0.15, 0.2) is 59.8 Å². The smallest absolute Gasteiger partial charge is 0.230 e. The normalized spacial score (nSPS) is 18.9. The van der Waals surface area contributed by atoms with Gasteiger partial charge in [0.1, 0.15) is 5.82 Å². The highest BCUT2D eigenvalue weighted by atomic mass is 32.2. The van der Waals surface area contributed by atoms with E-state index in [-0.39, 0.29) is 23.5 Å². The molecule has 156 valence electrons. The molecule has 3 aromatic rings. The van der Waals surface area contributed by atoms with E-state index in [2.05, 4.69) is 22.4 Å². The van der Waals surface area contributed by atoms with Crippen LogP contribution in [0.1, 0.15) is 32.6 Å². The second-order valence-electron chi connectivity index (χ2n) is 7.77. The van der Waals surface area contributed by atoms with Crippen LogP contribution < -0.4 is 5.32 Å². The van der Waals surface area contributed by atoms with Crippen LogP contribution in [0.25, 0.3) is 17.1 Å². The molecule has 0 radical (unpaired) electrons. The highest BCUT2D eigenvalue weighted by Gasteiger charge is 2.22. The number of aromatic nitrogens is 3. The molecule has 0 spiro atoms. The molecule has 1 aliphatic rings. The van der Waals surface area contributed by atoms with Crippen molar-refractivity contribution in [2.45, 2.75) is 43.8 Å². The molecule has 0 bridgehead atoms. The van der Waals surface area contributed by atoms with Gasteiger partial charge in [0.2, 0.25) is 5.91 Å². The van der Waals surface area contributed by atoms with Crippen molar-refractivity contribution in [2.75, 3.05) is 5.75 Å². The molecule has 1 amide bonds. The van der Waals surface area contributed by atoms with Crippen molar-refractivity contribution in [1.82, 2.24) is 20.1 Å². The monoisotopic (exact) mass is 424 g/mol. The first-order chi connectivity index (χ1) is 14.6. The van der Waals surface area contributed by atoms with Crippen LogP contribution in [0.3, 0.4) is 0 Å². The number of hydrogen-bond donors (Lipinski definition) is 1. The lowest BCUT2D eigenvalue weighted by molar-refractivity contribution is -0.119. The highest BCUT2D eigenvalue weighted by Crippen LogP contribution is 2.29. The molecule has 1 aromatic heterocycles. The fourth-order valence-corrected chi connectivity index (χ4v) is 4.56. The quantitative estimate of drug-likeness (QED) is 0.574. The zero-order valence-corrected chi connectivity index (χ0v) is 17.7. The molecule has 1 saturated carbocycles. The van der Waals surface area contributed by atoms with Gasteiger partial charge in [0.25, 0.3) is 0 Å². The summed E-state index contributed by atoms with van der Waals surface area (Å²) in [6.07, 6.45) is 4.39. The van der Waals surface area contributed by atoms with E-state index in [9.17, 15) is 9.18 Å². The van der Waals surface area contributed by atoms with Crippen LogP contribution >= 0.6 is 11.8 Å². The summed E-state index contributed by atoms with van der Waals surface area (Å²) in [6, 6.07) is 16.3. The van der Waals surface area contributed by atoms with Crippen molar-refractivity contribution in [3.05, 3.63) is 60.4 Å². The summed E-state index contributed by atoms with van der Waals surface area (Å²) in [5, 5.41) is 12.2. The molecule has 1 aliphatic carbocycles. The second-order valence-corrected chi connectivity index (χ2v) is 8.71. The molecule has 1 N–H and O–H groups in total. The minimum absolute atomic E-state index is 0.00499. The lowest BCUT2D eigenvalue weighted by Gasteiger charge is -2.26. The van der Waals surface area contributed by atoms with Gasteiger partial charge in [0.05, 0.1) is 11.3 Å². The Morgan fingerprint density at radius 3 is 2.50 bits per heavy atom. The fourth-order valence-electron chi connectivity index (χ4n) is 3.79. The number of carbonyl (C=O) groups excluding carboxylic acids is 1. The van der Waals surface area contributed by atoms with Gasteiger partial charge in [-0.15, -0.1) is 10.2 Å². The molecular formula is C23H25FN4OS. The molecule has 5 nitrogen and oxygen atoms in total. The van der Waals surface area contributed by atoms with E-state index in [1.54, 1.807) is 22.8 Å². The number of nitrogens with zero attached hydrogens (tertiary/aromatic N) is 3. The second kappa shape index (κ2) is 9.43. The summed E-state index contributed by atoms with van der Waals surface area (Å²) in [5.74, 6) is 1.05. The molecule has 0 aliphatic heterocycles. The number of halogens is 1. The molecule has 0 saturated heterocycles. The summed E-state index contributed by atoms with van der Waals surface area (Å²) in [5.41, 5.74) is 1.20. The van der Waals surface area contributed by atoms with Gasteiger partial charge in [0.15, 0.2) is 11.0 Å². The maximum absolute atomic E-state index is 14.4. The largest absolute Gasteiger partial charge is 0.353 e. The fraction of sp³-hybridized carbons (Fsp3) is 0.348. The molecule has 0 atom stereocenters. The Balaban J connectivity index is 1.53. The van der Waals surface area contributed by atoms with Crippen molar-refractivity contribution in [1.29, 1.82) is 0 Å². The van der Waals surface area contributed by atoms with Crippen molar-refractivity contribution in [2.24, 2.45) is 5.92 Å². The van der Waals surface area contributed by atoms with Gasteiger partial charge >= 0.3 is 0 Å². The molecule has 4 rings (SSSR count). The zero-order valence-electron chi connectivity index (χ0n) is 16.9. The number of nitrogens with one attached hydrogen (secondary N) is 1. The van der Waals surface area contributed by atoms with Crippen molar-refractivity contribution < 1.29 is 9.18 Å². The molecule has 1 heterocycles. The van der Waals surface area contributed by atoms with Crippen LogP contribution in [0.2, 0.25) is 0 Å². The van der Waals surface area contributed by atoms with E-state index in [1.165, 1.54) is 17.8 Å². The number of hydrogen-bond acceptors (Lipinski definition) is 4. The first kappa shape index (κ1) is 20.6. The Bertz CT molecular complexity index is 999. The van der Waals surface area contributed by atoms with E-state index in [4.69, 9.17) is 0 Å². The van der Waals surface area contributed by atoms with Gasteiger partial charge in [-0.1, -0.05) is 49.0 Å². The third kappa shape index (κ3) is 4.73. The number of carbonyl (C=O) groups is 1. The van der Waals surface area contributed by atoms with Crippen molar-refractivity contribution >= 4 is 17.7 Å². The number of thioether (sulfide) groups is 1. The van der Waals surface area contributed by atoms with E-state index >= 15 is 0 Å². The maximum atomic E-state index is 14.4. The summed E-state index contributed by atoms with van der Waals surface area (Å²) >= 11 is 1.32. The van der Waals surface area contributed by atoms with Crippen LogP contribution in [0.5, 0.6) is 0 Å². The molecular weight excluding hydrogens is 399 g/mol. The number of rotatable bonds is 6. The Morgan fingerprint density at radius 2 is 1.77 bits per heavy atom. The summed E-state index contributed by atoms with van der Waals surface area (Å²) in [6.45, 7) is 2.26. The van der Waals surface area contributed by atoms with E-state index in [0.29, 0.717) is 16.5 Å². The summed E-state index contributed by atoms with van der Waals surface area (Å²) < 4.78 is 16.2. The van der Waals surface area contributed by atoms with Gasteiger partial charge in [-0.25, -0.2) is 4.39 Å². The summed E-state index contributed by atoms with van der Waals surface area (Å²) in [7, 11) is 0. The average Bonchev–Trinajstić information content (AvgIpc) is 3.18. The minimum Gasteiger partial charge on any atom is -0.353 e. The topological polar surface area (TPSA) is 59.8 Å². The minimum atomic E-state index is -0.358. The third-order valence-corrected chi connectivity index (χ3v) is 6.40. The standard InChI is InChI=1S/C23H25FN4OS/c1-16-11-13-17(14-12-16)25-21(29)15-30-23-27-26-22(19-9-5-6-10-20(19)24)28(23)18-7-3-2-4-8-18/h2-10,16-17H,11-15H2,1H3,(H,25,29). The molecule has 0 unspecified atom stereocenters.